The molecule has 162 valence electrons. The molecular weight excluding hydrogens is 423 g/mol. The van der Waals surface area contributed by atoms with Crippen LogP contribution in [-0.2, 0) is 22.9 Å². The van der Waals surface area contributed by atoms with Gasteiger partial charge in [0, 0.05) is 23.2 Å². The number of thiazole rings is 1. The summed E-state index contributed by atoms with van der Waals surface area (Å²) >= 11 is 1.60. The zero-order valence-corrected chi connectivity index (χ0v) is 19.5. The molecule has 0 aliphatic rings. The summed E-state index contributed by atoms with van der Waals surface area (Å²) < 4.78 is 41.7. The number of hydrogen-bond donors (Lipinski definition) is 0. The molecule has 2 aromatic heterocycles. The van der Waals surface area contributed by atoms with Crippen LogP contribution in [0.5, 0.6) is 0 Å². The Hall–Kier alpha value is -2.10. The second-order valence-electron chi connectivity index (χ2n) is 7.72. The minimum absolute atomic E-state index is 0.0260. The first-order valence-electron chi connectivity index (χ1n) is 9.75. The van der Waals surface area contributed by atoms with Crippen LogP contribution in [0, 0.1) is 12.7 Å². The highest BCUT2D eigenvalue weighted by Crippen LogP contribution is 2.26. The lowest BCUT2D eigenvalue weighted by atomic mass is 10.2. The number of sulfone groups is 1. The monoisotopic (exact) mass is 450 g/mol. The highest BCUT2D eigenvalue weighted by molar-refractivity contribution is 7.91. The summed E-state index contributed by atoms with van der Waals surface area (Å²) in [5.74, 6) is -0.370. The van der Waals surface area contributed by atoms with E-state index in [9.17, 15) is 12.8 Å². The second kappa shape index (κ2) is 8.95. The third-order valence-electron chi connectivity index (χ3n) is 5.13. The van der Waals surface area contributed by atoms with Gasteiger partial charge in [-0.05, 0) is 40.8 Å². The lowest BCUT2D eigenvalue weighted by Crippen LogP contribution is -2.25. The fourth-order valence-electron chi connectivity index (χ4n) is 3.07. The maximum absolute atomic E-state index is 14.3. The van der Waals surface area contributed by atoms with Crippen LogP contribution in [-0.4, -0.2) is 40.2 Å². The van der Waals surface area contributed by atoms with Crippen LogP contribution in [0.2, 0.25) is 0 Å². The van der Waals surface area contributed by atoms with E-state index in [2.05, 4.69) is 21.8 Å². The molecule has 0 aliphatic heterocycles. The lowest BCUT2D eigenvalue weighted by molar-refractivity contribution is 0.245. The van der Waals surface area contributed by atoms with Crippen LogP contribution < -0.4 is 0 Å². The van der Waals surface area contributed by atoms with Crippen molar-refractivity contribution in [3.05, 3.63) is 63.6 Å². The predicted octanol–water partition coefficient (Wildman–Crippen LogP) is 4.21. The molecule has 0 aliphatic carbocycles. The van der Waals surface area contributed by atoms with Gasteiger partial charge in [-0.1, -0.05) is 18.2 Å². The molecule has 1 atom stereocenters. The predicted molar refractivity (Wildman–Crippen MR) is 117 cm³/mol. The van der Waals surface area contributed by atoms with E-state index in [0.717, 1.165) is 10.7 Å². The van der Waals surface area contributed by atoms with E-state index in [1.807, 2.05) is 19.4 Å². The number of rotatable bonds is 8. The van der Waals surface area contributed by atoms with Crippen LogP contribution in [0.15, 0.2) is 41.0 Å². The van der Waals surface area contributed by atoms with Crippen LogP contribution >= 0.6 is 11.3 Å². The van der Waals surface area contributed by atoms with Crippen LogP contribution in [0.25, 0.3) is 0 Å². The Morgan fingerprint density at radius 1 is 1.23 bits per heavy atom. The summed E-state index contributed by atoms with van der Waals surface area (Å²) in [5.41, 5.74) is 2.11. The number of benzene rings is 1. The molecule has 9 heteroatoms. The Morgan fingerprint density at radius 3 is 2.53 bits per heavy atom. The van der Waals surface area contributed by atoms with E-state index in [1.165, 1.54) is 6.07 Å². The highest BCUT2D eigenvalue weighted by atomic mass is 32.2. The third-order valence-corrected chi connectivity index (χ3v) is 8.34. The maximum Gasteiger partial charge on any atom is 0.228 e. The van der Waals surface area contributed by atoms with E-state index in [0.29, 0.717) is 17.8 Å². The number of aryl methyl sites for hydroxylation is 1. The van der Waals surface area contributed by atoms with Crippen molar-refractivity contribution in [3.63, 3.8) is 0 Å². The number of imidazole rings is 1. The number of nitrogens with zero attached hydrogens (tertiary/aromatic N) is 4. The van der Waals surface area contributed by atoms with E-state index in [1.54, 1.807) is 54.1 Å². The van der Waals surface area contributed by atoms with E-state index >= 15 is 0 Å². The van der Waals surface area contributed by atoms with Gasteiger partial charge in [0.2, 0.25) is 15.0 Å². The molecule has 0 saturated heterocycles. The smallest absolute Gasteiger partial charge is 0.228 e. The topological polar surface area (TPSA) is 68.1 Å². The number of halogens is 1. The largest absolute Gasteiger partial charge is 0.313 e. The fraction of sp³-hybridized carbons (Fsp3) is 0.429. The van der Waals surface area contributed by atoms with Gasteiger partial charge in [-0.3, -0.25) is 4.90 Å². The molecule has 1 unspecified atom stereocenters. The quantitative estimate of drug-likeness (QED) is 0.514. The lowest BCUT2D eigenvalue weighted by Gasteiger charge is -2.24. The third kappa shape index (κ3) is 4.63. The average Bonchev–Trinajstić information content (AvgIpc) is 3.29. The normalized spacial score (nSPS) is 13.3. The van der Waals surface area contributed by atoms with Crippen molar-refractivity contribution in [2.24, 2.45) is 0 Å². The van der Waals surface area contributed by atoms with Crippen molar-refractivity contribution >= 4 is 21.2 Å². The zero-order valence-electron chi connectivity index (χ0n) is 17.8. The van der Waals surface area contributed by atoms with Gasteiger partial charge in [-0.2, -0.15) is 0 Å². The molecule has 0 saturated carbocycles. The van der Waals surface area contributed by atoms with Gasteiger partial charge < -0.3 is 4.57 Å². The van der Waals surface area contributed by atoms with Crippen molar-refractivity contribution in [1.29, 1.82) is 0 Å². The van der Waals surface area contributed by atoms with Gasteiger partial charge in [-0.15, -0.1) is 11.3 Å². The highest BCUT2D eigenvalue weighted by Gasteiger charge is 2.28. The standard InChI is InChI=1S/C21H27FN4O2S2/c1-14(2)30(27,28)21-23-10-18(26(21)11-17-8-6-7-9-19(17)22)12-25(5)16(4)20-24-15(3)13-29-20/h6-10,13-14,16H,11-12H2,1-5H3. The van der Waals surface area contributed by atoms with Gasteiger partial charge in [-0.25, -0.2) is 22.8 Å². The van der Waals surface area contributed by atoms with Crippen molar-refractivity contribution in [2.75, 3.05) is 7.05 Å². The zero-order chi connectivity index (χ0) is 22.1. The molecule has 0 amide bonds. The van der Waals surface area contributed by atoms with Gasteiger partial charge in [0.25, 0.3) is 0 Å². The summed E-state index contributed by atoms with van der Waals surface area (Å²) in [4.78, 5) is 10.9. The molecule has 0 fully saturated rings. The van der Waals surface area contributed by atoms with Crippen molar-refractivity contribution in [1.82, 2.24) is 19.4 Å². The fourth-order valence-corrected chi connectivity index (χ4v) is 5.10. The summed E-state index contributed by atoms with van der Waals surface area (Å²) in [7, 11) is -1.67. The van der Waals surface area contributed by atoms with E-state index in [4.69, 9.17) is 0 Å². The molecule has 1 aromatic carbocycles. The van der Waals surface area contributed by atoms with Crippen LogP contribution in [0.4, 0.5) is 4.39 Å². The molecule has 0 bridgehead atoms. The Bertz CT molecular complexity index is 1120. The van der Waals surface area contributed by atoms with Gasteiger partial charge >= 0.3 is 0 Å². The summed E-state index contributed by atoms with van der Waals surface area (Å²) in [6, 6.07) is 6.44. The SMILES string of the molecule is Cc1csc(C(C)N(C)Cc2cnc(S(=O)(=O)C(C)C)n2Cc2ccccc2F)n1. The minimum atomic E-state index is -3.62. The Labute approximate surface area is 181 Å². The summed E-state index contributed by atoms with van der Waals surface area (Å²) in [5, 5.41) is 2.35. The first-order chi connectivity index (χ1) is 14.1. The number of aromatic nitrogens is 3. The van der Waals surface area contributed by atoms with Crippen LogP contribution in [0.3, 0.4) is 0 Å². The maximum atomic E-state index is 14.3. The average molecular weight is 451 g/mol. The van der Waals surface area contributed by atoms with Crippen molar-refractivity contribution in [2.45, 2.75) is 57.2 Å². The molecule has 0 radical (unpaired) electrons. The van der Waals surface area contributed by atoms with E-state index < -0.39 is 15.1 Å². The van der Waals surface area contributed by atoms with Gasteiger partial charge in [0.15, 0.2) is 0 Å². The first kappa shape index (κ1) is 22.6. The van der Waals surface area contributed by atoms with E-state index in [-0.39, 0.29) is 23.6 Å². The molecule has 3 rings (SSSR count). The first-order valence-corrected chi connectivity index (χ1v) is 12.2. The van der Waals surface area contributed by atoms with Gasteiger partial charge in [0.05, 0.1) is 29.7 Å². The molecule has 3 aromatic rings. The molecular formula is C21H27FN4O2S2. The van der Waals surface area contributed by atoms with Crippen LogP contribution in [0.1, 0.15) is 48.8 Å². The van der Waals surface area contributed by atoms with Crippen molar-refractivity contribution in [3.8, 4) is 0 Å². The Morgan fingerprint density at radius 2 is 1.93 bits per heavy atom. The Kier molecular flexibility index (Phi) is 6.74. The number of hydrogen-bond acceptors (Lipinski definition) is 6. The molecule has 6 nitrogen and oxygen atoms in total. The van der Waals surface area contributed by atoms with Crippen molar-refractivity contribution < 1.29 is 12.8 Å². The molecule has 2 heterocycles. The molecule has 0 spiro atoms. The second-order valence-corrected chi connectivity index (χ2v) is 11.0. The summed E-state index contributed by atoms with van der Waals surface area (Å²) in [6.45, 7) is 7.81. The molecule has 0 N–H and O–H groups in total. The molecule has 30 heavy (non-hydrogen) atoms. The summed E-state index contributed by atoms with van der Waals surface area (Å²) in [6.07, 6.45) is 1.58. The Balaban J connectivity index is 1.97. The van der Waals surface area contributed by atoms with Gasteiger partial charge in [0.1, 0.15) is 10.8 Å². The minimum Gasteiger partial charge on any atom is -0.313 e.